The Morgan fingerprint density at radius 2 is 1.89 bits per heavy atom. The number of nitrogens with zero attached hydrogens (tertiary/aromatic N) is 3. The summed E-state index contributed by atoms with van der Waals surface area (Å²) in [6, 6.07) is 3.76. The predicted molar refractivity (Wildman–Crippen MR) is 78.0 cm³/mol. The monoisotopic (exact) mass is 259 g/mol. The maximum Gasteiger partial charge on any atom is 0.0313 e. The average molecular weight is 259 g/mol. The van der Waals surface area contributed by atoms with E-state index in [-0.39, 0.29) is 0 Å². The van der Waals surface area contributed by atoms with E-state index in [1.807, 2.05) is 12.4 Å². The lowest BCUT2D eigenvalue weighted by Crippen LogP contribution is -2.70. The topological polar surface area (TPSA) is 19.4 Å². The molecular weight excluding hydrogens is 234 g/mol. The van der Waals surface area contributed by atoms with Crippen LogP contribution in [-0.4, -0.2) is 45.5 Å². The quantitative estimate of drug-likeness (QED) is 0.813. The average Bonchev–Trinajstić information content (AvgIpc) is 2.35. The van der Waals surface area contributed by atoms with Gasteiger partial charge in [-0.05, 0) is 45.2 Å². The van der Waals surface area contributed by atoms with Crippen LogP contribution < -0.4 is 0 Å². The maximum atomic E-state index is 4.31. The van der Waals surface area contributed by atoms with Gasteiger partial charge in [-0.1, -0.05) is 6.07 Å². The Bertz CT molecular complexity index is 451. The molecule has 0 radical (unpaired) electrons. The first-order valence-electron chi connectivity index (χ1n) is 7.35. The zero-order chi connectivity index (χ0) is 13.6. The van der Waals surface area contributed by atoms with E-state index in [2.05, 4.69) is 48.5 Å². The molecule has 3 rings (SSSR count). The molecule has 3 heterocycles. The highest BCUT2D eigenvalue weighted by atomic mass is 15.4. The molecule has 2 aliphatic heterocycles. The lowest BCUT2D eigenvalue weighted by atomic mass is 9.84. The third-order valence-electron chi connectivity index (χ3n) is 4.59. The zero-order valence-electron chi connectivity index (χ0n) is 12.6. The number of hydrogen-bond acceptors (Lipinski definition) is 3. The molecule has 0 saturated carbocycles. The zero-order valence-corrected chi connectivity index (χ0v) is 12.6. The van der Waals surface area contributed by atoms with E-state index >= 15 is 0 Å². The molecule has 0 N–H and O–H groups in total. The Balaban J connectivity index is 1.64. The molecule has 0 aliphatic carbocycles. The van der Waals surface area contributed by atoms with Gasteiger partial charge in [-0.3, -0.25) is 14.8 Å². The fourth-order valence-electron chi connectivity index (χ4n) is 3.41. The molecule has 2 unspecified atom stereocenters. The van der Waals surface area contributed by atoms with E-state index in [9.17, 15) is 0 Å². The summed E-state index contributed by atoms with van der Waals surface area (Å²) < 4.78 is 0. The molecule has 3 nitrogen and oxygen atoms in total. The molecule has 0 spiro atoms. The van der Waals surface area contributed by atoms with Gasteiger partial charge in [-0.25, -0.2) is 0 Å². The Morgan fingerprint density at radius 1 is 1.21 bits per heavy atom. The summed E-state index contributed by atoms with van der Waals surface area (Å²) >= 11 is 0. The minimum atomic E-state index is 0.313. The van der Waals surface area contributed by atoms with Crippen molar-refractivity contribution in [2.24, 2.45) is 0 Å². The van der Waals surface area contributed by atoms with Crippen molar-refractivity contribution in [3.05, 3.63) is 29.6 Å². The van der Waals surface area contributed by atoms with Gasteiger partial charge in [0.1, 0.15) is 0 Å². The molecule has 2 bridgehead atoms. The second kappa shape index (κ2) is 4.57. The van der Waals surface area contributed by atoms with Crippen molar-refractivity contribution in [1.82, 2.24) is 14.8 Å². The number of hydrogen-bond donors (Lipinski definition) is 0. The molecule has 0 aromatic carbocycles. The highest BCUT2D eigenvalue weighted by molar-refractivity contribution is 5.18. The van der Waals surface area contributed by atoms with E-state index < -0.39 is 0 Å². The fourth-order valence-corrected chi connectivity index (χ4v) is 3.41. The van der Waals surface area contributed by atoms with Crippen molar-refractivity contribution in [3.63, 3.8) is 0 Å². The van der Waals surface area contributed by atoms with E-state index in [1.54, 1.807) is 0 Å². The molecule has 104 valence electrons. The minimum absolute atomic E-state index is 0.313. The van der Waals surface area contributed by atoms with Crippen LogP contribution in [0.1, 0.15) is 38.3 Å². The SMILES string of the molecule is Cc1cncc(CN2C3CC2CN(C(C)(C)C)C3)c1. The number of rotatable bonds is 2. The van der Waals surface area contributed by atoms with Crippen LogP contribution in [-0.2, 0) is 6.54 Å². The van der Waals surface area contributed by atoms with Gasteiger partial charge in [0.15, 0.2) is 0 Å². The summed E-state index contributed by atoms with van der Waals surface area (Å²) in [5.41, 5.74) is 2.94. The second-order valence-corrected chi connectivity index (χ2v) is 7.16. The molecule has 2 aliphatic rings. The summed E-state index contributed by atoms with van der Waals surface area (Å²) in [4.78, 5) is 9.61. The van der Waals surface area contributed by atoms with Crippen LogP contribution in [0.2, 0.25) is 0 Å². The summed E-state index contributed by atoms with van der Waals surface area (Å²) in [7, 11) is 0. The molecule has 3 heteroatoms. The first-order valence-corrected chi connectivity index (χ1v) is 7.35. The standard InChI is InChI=1S/C16H25N3/c1-12-5-13(8-17-7-12)9-19-14-6-15(19)11-18(10-14)16(2,3)4/h5,7-8,14-15H,6,9-11H2,1-4H3. The Labute approximate surface area is 116 Å². The number of pyridine rings is 1. The molecule has 2 saturated heterocycles. The van der Waals surface area contributed by atoms with E-state index in [1.165, 1.54) is 30.6 Å². The first kappa shape index (κ1) is 13.1. The van der Waals surface area contributed by atoms with Gasteiger partial charge in [-0.15, -0.1) is 0 Å². The van der Waals surface area contributed by atoms with Gasteiger partial charge >= 0.3 is 0 Å². The summed E-state index contributed by atoms with van der Waals surface area (Å²) in [6.07, 6.45) is 5.33. The number of piperidine rings is 1. The summed E-state index contributed by atoms with van der Waals surface area (Å²) in [6.45, 7) is 12.6. The van der Waals surface area contributed by atoms with Crippen molar-refractivity contribution in [2.75, 3.05) is 13.1 Å². The molecule has 0 amide bonds. The van der Waals surface area contributed by atoms with Crippen molar-refractivity contribution >= 4 is 0 Å². The Morgan fingerprint density at radius 3 is 2.47 bits per heavy atom. The third-order valence-corrected chi connectivity index (χ3v) is 4.59. The molecular formula is C16H25N3. The lowest BCUT2D eigenvalue weighted by molar-refractivity contribution is -0.0997. The smallest absolute Gasteiger partial charge is 0.0313 e. The number of aromatic nitrogens is 1. The van der Waals surface area contributed by atoms with Crippen LogP contribution in [0.25, 0.3) is 0 Å². The van der Waals surface area contributed by atoms with Crippen LogP contribution in [0, 0.1) is 6.92 Å². The van der Waals surface area contributed by atoms with Gasteiger partial charge in [-0.2, -0.15) is 0 Å². The first-order chi connectivity index (χ1) is 8.93. The van der Waals surface area contributed by atoms with Crippen LogP contribution in [0.5, 0.6) is 0 Å². The minimum Gasteiger partial charge on any atom is -0.295 e. The fraction of sp³-hybridized carbons (Fsp3) is 0.688. The largest absolute Gasteiger partial charge is 0.295 e. The van der Waals surface area contributed by atoms with Crippen LogP contribution in [0.15, 0.2) is 18.5 Å². The lowest BCUT2D eigenvalue weighted by Gasteiger charge is -2.59. The normalized spacial score (nSPS) is 28.2. The van der Waals surface area contributed by atoms with Crippen molar-refractivity contribution in [3.8, 4) is 0 Å². The van der Waals surface area contributed by atoms with Gasteiger partial charge in [0.2, 0.25) is 0 Å². The van der Waals surface area contributed by atoms with Crippen molar-refractivity contribution in [2.45, 2.75) is 58.3 Å². The Hall–Kier alpha value is -0.930. The van der Waals surface area contributed by atoms with Gasteiger partial charge < -0.3 is 0 Å². The van der Waals surface area contributed by atoms with E-state index in [4.69, 9.17) is 0 Å². The van der Waals surface area contributed by atoms with Gasteiger partial charge in [0.25, 0.3) is 0 Å². The Kier molecular flexibility index (Phi) is 3.14. The van der Waals surface area contributed by atoms with Gasteiger partial charge in [0.05, 0.1) is 0 Å². The summed E-state index contributed by atoms with van der Waals surface area (Å²) in [5, 5.41) is 0. The van der Waals surface area contributed by atoms with Crippen LogP contribution in [0.3, 0.4) is 0 Å². The van der Waals surface area contributed by atoms with Crippen molar-refractivity contribution < 1.29 is 0 Å². The number of likely N-dealkylation sites (tertiary alicyclic amines) is 2. The molecule has 19 heavy (non-hydrogen) atoms. The highest BCUT2D eigenvalue weighted by Gasteiger charge is 2.46. The van der Waals surface area contributed by atoms with Crippen LogP contribution in [0.4, 0.5) is 0 Å². The molecule has 1 aromatic rings. The van der Waals surface area contributed by atoms with E-state index in [0.29, 0.717) is 5.54 Å². The van der Waals surface area contributed by atoms with E-state index in [0.717, 1.165) is 18.6 Å². The number of aryl methyl sites for hydroxylation is 1. The molecule has 2 fully saturated rings. The van der Waals surface area contributed by atoms with Crippen molar-refractivity contribution in [1.29, 1.82) is 0 Å². The number of piperazine rings is 1. The highest BCUT2D eigenvalue weighted by Crippen LogP contribution is 2.36. The third kappa shape index (κ3) is 2.54. The summed E-state index contributed by atoms with van der Waals surface area (Å²) in [5.74, 6) is 0. The molecule has 1 aromatic heterocycles. The number of fused-ring (bicyclic) bond motifs is 2. The van der Waals surface area contributed by atoms with Gasteiger partial charge in [0, 0.05) is 49.7 Å². The second-order valence-electron chi connectivity index (χ2n) is 7.16. The predicted octanol–water partition coefficient (Wildman–Crippen LogP) is 2.45. The maximum absolute atomic E-state index is 4.31. The van der Waals surface area contributed by atoms with Crippen LogP contribution >= 0.6 is 0 Å². The molecule has 2 atom stereocenters.